The number of benzene rings is 2. The highest BCUT2D eigenvalue weighted by Gasteiger charge is 2.27. The van der Waals surface area contributed by atoms with Gasteiger partial charge >= 0.3 is 12.1 Å². The summed E-state index contributed by atoms with van der Waals surface area (Å²) in [7, 11) is 1.56. The first-order valence-corrected chi connectivity index (χ1v) is 10.9. The third-order valence-corrected chi connectivity index (χ3v) is 5.99. The van der Waals surface area contributed by atoms with E-state index < -0.39 is 6.09 Å². The Morgan fingerprint density at radius 1 is 1.06 bits per heavy atom. The third kappa shape index (κ3) is 5.01. The molecule has 2 aliphatic rings. The first-order valence-electron chi connectivity index (χ1n) is 10.9. The van der Waals surface area contributed by atoms with Crippen LogP contribution in [0.3, 0.4) is 0 Å². The molecule has 0 fully saturated rings. The Morgan fingerprint density at radius 2 is 1.88 bits per heavy atom. The van der Waals surface area contributed by atoms with Gasteiger partial charge in [0.25, 0.3) is 0 Å². The van der Waals surface area contributed by atoms with Gasteiger partial charge in [0.1, 0.15) is 12.6 Å². The molecule has 0 spiro atoms. The number of hydrogen-bond donors (Lipinski definition) is 3. The van der Waals surface area contributed by atoms with Crippen molar-refractivity contribution in [1.82, 2.24) is 15.5 Å². The average Bonchev–Trinajstić information content (AvgIpc) is 3.05. The Hall–Kier alpha value is -3.55. The van der Waals surface area contributed by atoms with Crippen molar-refractivity contribution in [1.29, 1.82) is 0 Å². The van der Waals surface area contributed by atoms with Crippen LogP contribution in [-0.2, 0) is 28.9 Å². The molecule has 1 aliphatic heterocycles. The number of carbonyl (C=O) groups excluding carboxylic acids is 3. The van der Waals surface area contributed by atoms with Crippen molar-refractivity contribution in [3.63, 3.8) is 0 Å². The second kappa shape index (κ2) is 9.72. The molecular weight excluding hydrogens is 408 g/mol. The maximum absolute atomic E-state index is 12.7. The average molecular weight is 437 g/mol. The lowest BCUT2D eigenvalue weighted by Crippen LogP contribution is -2.40. The van der Waals surface area contributed by atoms with E-state index in [1.54, 1.807) is 18.0 Å². The van der Waals surface area contributed by atoms with Crippen molar-refractivity contribution in [2.75, 3.05) is 25.5 Å². The molecule has 1 aliphatic carbocycles. The van der Waals surface area contributed by atoms with E-state index in [0.29, 0.717) is 25.2 Å². The number of rotatable bonds is 4. The zero-order chi connectivity index (χ0) is 22.5. The van der Waals surface area contributed by atoms with E-state index in [4.69, 9.17) is 4.74 Å². The number of fused-ring (bicyclic) bond motifs is 2. The molecule has 0 aromatic heterocycles. The topological polar surface area (TPSA) is 99.8 Å². The molecule has 2 aromatic carbocycles. The Kier molecular flexibility index (Phi) is 6.58. The van der Waals surface area contributed by atoms with Crippen LogP contribution in [0.25, 0.3) is 0 Å². The summed E-state index contributed by atoms with van der Waals surface area (Å²) in [6, 6.07) is 13.4. The van der Waals surface area contributed by atoms with E-state index in [-0.39, 0.29) is 24.6 Å². The highest BCUT2D eigenvalue weighted by molar-refractivity contribution is 5.89. The minimum atomic E-state index is -0.598. The summed E-state index contributed by atoms with van der Waals surface area (Å²) in [5, 5.41) is 7.86. The molecule has 1 heterocycles. The summed E-state index contributed by atoms with van der Waals surface area (Å²) in [6.45, 7) is 1.15. The lowest BCUT2D eigenvalue weighted by Gasteiger charge is -2.21. The maximum atomic E-state index is 12.7. The van der Waals surface area contributed by atoms with E-state index in [2.05, 4.69) is 28.1 Å². The van der Waals surface area contributed by atoms with E-state index in [1.165, 1.54) is 5.56 Å². The van der Waals surface area contributed by atoms with Crippen LogP contribution in [0.2, 0.25) is 0 Å². The largest absolute Gasteiger partial charge is 0.441 e. The van der Waals surface area contributed by atoms with Crippen LogP contribution in [-0.4, -0.2) is 43.1 Å². The second-order valence-electron chi connectivity index (χ2n) is 8.09. The number of alkyl carbamates (subject to hydrolysis) is 1. The number of nitrogens with zero attached hydrogens (tertiary/aromatic N) is 1. The molecule has 0 bridgehead atoms. The molecule has 8 nitrogen and oxygen atoms in total. The van der Waals surface area contributed by atoms with Crippen LogP contribution in [0.15, 0.2) is 42.5 Å². The monoisotopic (exact) mass is 436 g/mol. The Balaban J connectivity index is 1.29. The number of hydrogen-bond acceptors (Lipinski definition) is 4. The number of amides is 4. The van der Waals surface area contributed by atoms with Gasteiger partial charge in [-0.2, -0.15) is 0 Å². The molecule has 3 N–H and O–H groups in total. The van der Waals surface area contributed by atoms with E-state index in [1.807, 2.05) is 24.3 Å². The van der Waals surface area contributed by atoms with E-state index >= 15 is 0 Å². The molecule has 1 atom stereocenters. The predicted molar refractivity (Wildman–Crippen MR) is 120 cm³/mol. The van der Waals surface area contributed by atoms with Gasteiger partial charge in [-0.1, -0.05) is 30.3 Å². The molecule has 0 radical (unpaired) electrons. The van der Waals surface area contributed by atoms with Crippen LogP contribution >= 0.6 is 0 Å². The van der Waals surface area contributed by atoms with Crippen molar-refractivity contribution in [2.45, 2.75) is 38.3 Å². The molecule has 4 rings (SSSR count). The van der Waals surface area contributed by atoms with Gasteiger partial charge in [0.2, 0.25) is 5.91 Å². The number of nitrogens with one attached hydrogen (secondary N) is 3. The Labute approximate surface area is 187 Å². The highest BCUT2D eigenvalue weighted by Crippen LogP contribution is 2.35. The quantitative estimate of drug-likeness (QED) is 0.686. The fraction of sp³-hybridized carbons (Fsp3) is 0.375. The Bertz CT molecular complexity index is 1020. The minimum absolute atomic E-state index is 0.0877. The van der Waals surface area contributed by atoms with Crippen molar-refractivity contribution in [3.05, 3.63) is 64.7 Å². The molecular formula is C24H28N4O4. The minimum Gasteiger partial charge on any atom is -0.441 e. The summed E-state index contributed by atoms with van der Waals surface area (Å²) >= 11 is 0. The molecule has 1 unspecified atom stereocenters. The predicted octanol–water partition coefficient (Wildman–Crippen LogP) is 3.13. The second-order valence-corrected chi connectivity index (χ2v) is 8.09. The highest BCUT2D eigenvalue weighted by atomic mass is 16.6. The number of urea groups is 1. The van der Waals surface area contributed by atoms with Crippen LogP contribution in [0, 0.1) is 0 Å². The summed E-state index contributed by atoms with van der Waals surface area (Å²) in [5.74, 6) is -0.115. The maximum Gasteiger partial charge on any atom is 0.408 e. The lowest BCUT2D eigenvalue weighted by atomic mass is 10.0. The first kappa shape index (κ1) is 21.7. The third-order valence-electron chi connectivity index (χ3n) is 5.99. The van der Waals surface area contributed by atoms with Gasteiger partial charge in [-0.25, -0.2) is 9.59 Å². The van der Waals surface area contributed by atoms with Gasteiger partial charge in [0.15, 0.2) is 0 Å². The zero-order valence-electron chi connectivity index (χ0n) is 18.1. The molecule has 0 saturated carbocycles. The van der Waals surface area contributed by atoms with Crippen molar-refractivity contribution in [2.24, 2.45) is 0 Å². The standard InChI is InChI=1S/C24H28N4O4/c1-25-23(30)27-19-9-10-20-17(13-19)8-11-21(20)32-24(31)26-14-22(29)28-12-4-7-16-5-2-3-6-18(16)15-28/h2-3,5-6,9-10,13,21H,4,7-8,11-12,14-15H2,1H3,(H,26,31)(H2,25,27,30). The SMILES string of the molecule is CNC(=O)Nc1ccc2c(c1)CCC2OC(=O)NCC(=O)N1CCCc2ccccc2C1. The van der Waals surface area contributed by atoms with Crippen molar-refractivity contribution < 1.29 is 19.1 Å². The van der Waals surface area contributed by atoms with Gasteiger partial charge in [0.05, 0.1) is 0 Å². The normalized spacial score (nSPS) is 16.9. The van der Waals surface area contributed by atoms with Gasteiger partial charge in [-0.15, -0.1) is 0 Å². The summed E-state index contributed by atoms with van der Waals surface area (Å²) in [6.07, 6.45) is 2.32. The van der Waals surface area contributed by atoms with Crippen LogP contribution in [0.1, 0.15) is 41.2 Å². The Morgan fingerprint density at radius 3 is 2.69 bits per heavy atom. The van der Waals surface area contributed by atoms with Crippen LogP contribution in [0.4, 0.5) is 15.3 Å². The molecule has 168 valence electrons. The first-order chi connectivity index (χ1) is 15.5. The number of anilines is 1. The van der Waals surface area contributed by atoms with Crippen LogP contribution < -0.4 is 16.0 Å². The van der Waals surface area contributed by atoms with Gasteiger partial charge in [0, 0.05) is 25.8 Å². The van der Waals surface area contributed by atoms with Crippen LogP contribution in [0.5, 0.6) is 0 Å². The summed E-state index contributed by atoms with van der Waals surface area (Å²) in [4.78, 5) is 38.3. The fourth-order valence-electron chi connectivity index (χ4n) is 4.32. The molecule has 2 aromatic rings. The van der Waals surface area contributed by atoms with Gasteiger partial charge in [-0.05, 0) is 60.1 Å². The molecule has 0 saturated heterocycles. The van der Waals surface area contributed by atoms with Crippen molar-refractivity contribution >= 4 is 23.7 Å². The van der Waals surface area contributed by atoms with Gasteiger partial charge < -0.3 is 25.6 Å². The lowest BCUT2D eigenvalue weighted by molar-refractivity contribution is -0.130. The smallest absolute Gasteiger partial charge is 0.408 e. The molecule has 32 heavy (non-hydrogen) atoms. The summed E-state index contributed by atoms with van der Waals surface area (Å²) in [5.41, 5.74) is 5.10. The number of aryl methyl sites for hydroxylation is 2. The summed E-state index contributed by atoms with van der Waals surface area (Å²) < 4.78 is 5.58. The molecule has 8 heteroatoms. The fourth-order valence-corrected chi connectivity index (χ4v) is 4.32. The van der Waals surface area contributed by atoms with Crippen molar-refractivity contribution in [3.8, 4) is 0 Å². The van der Waals surface area contributed by atoms with E-state index in [0.717, 1.165) is 36.0 Å². The number of ether oxygens (including phenoxy) is 1. The zero-order valence-corrected chi connectivity index (χ0v) is 18.1. The van der Waals surface area contributed by atoms with Gasteiger partial charge in [-0.3, -0.25) is 4.79 Å². The molecule has 4 amide bonds. The number of carbonyl (C=O) groups is 3. The van der Waals surface area contributed by atoms with E-state index in [9.17, 15) is 14.4 Å².